The summed E-state index contributed by atoms with van der Waals surface area (Å²) in [6.07, 6.45) is -4.36. The minimum Gasteiger partial charge on any atom is -0.482 e. The SMILES string of the molecule is CCOC(=O)COc1cccc(CN2CCN(c3nc4ccc(C(F)(F)F)cc4s3)CC2C)c1. The summed E-state index contributed by atoms with van der Waals surface area (Å²) in [4.78, 5) is 20.6. The van der Waals surface area contributed by atoms with E-state index in [0.717, 1.165) is 42.9 Å². The van der Waals surface area contributed by atoms with E-state index in [0.29, 0.717) is 22.6 Å². The highest BCUT2D eigenvalue weighted by Crippen LogP contribution is 2.36. The first kappa shape index (κ1) is 24.3. The number of carbonyl (C=O) groups is 1. The average molecular weight is 494 g/mol. The van der Waals surface area contributed by atoms with Gasteiger partial charge in [0, 0.05) is 32.2 Å². The summed E-state index contributed by atoms with van der Waals surface area (Å²) >= 11 is 1.30. The van der Waals surface area contributed by atoms with Crippen LogP contribution in [-0.4, -0.2) is 54.7 Å². The molecule has 1 aliphatic heterocycles. The summed E-state index contributed by atoms with van der Waals surface area (Å²) in [6, 6.07) is 11.6. The lowest BCUT2D eigenvalue weighted by molar-refractivity contribution is -0.145. The van der Waals surface area contributed by atoms with E-state index in [2.05, 4.69) is 21.7 Å². The minimum absolute atomic E-state index is 0.126. The highest BCUT2D eigenvalue weighted by molar-refractivity contribution is 7.22. The van der Waals surface area contributed by atoms with Gasteiger partial charge in [0.2, 0.25) is 0 Å². The third-order valence-corrected chi connectivity index (χ3v) is 6.77. The highest BCUT2D eigenvalue weighted by Gasteiger charge is 2.31. The number of alkyl halides is 3. The predicted molar refractivity (Wildman–Crippen MR) is 125 cm³/mol. The monoisotopic (exact) mass is 493 g/mol. The lowest BCUT2D eigenvalue weighted by Crippen LogP contribution is -2.51. The number of halogens is 3. The Kier molecular flexibility index (Phi) is 7.27. The van der Waals surface area contributed by atoms with Gasteiger partial charge in [0.15, 0.2) is 11.7 Å². The molecule has 0 amide bonds. The number of anilines is 1. The van der Waals surface area contributed by atoms with Crippen LogP contribution in [0.1, 0.15) is 25.0 Å². The van der Waals surface area contributed by atoms with Crippen molar-refractivity contribution >= 4 is 32.7 Å². The molecule has 0 saturated carbocycles. The number of carbonyl (C=O) groups excluding carboxylic acids is 1. The number of fused-ring (bicyclic) bond motifs is 1. The number of piperazine rings is 1. The van der Waals surface area contributed by atoms with Gasteiger partial charge < -0.3 is 14.4 Å². The van der Waals surface area contributed by atoms with E-state index in [1.54, 1.807) is 13.0 Å². The molecule has 1 atom stereocenters. The van der Waals surface area contributed by atoms with Gasteiger partial charge in [-0.15, -0.1) is 0 Å². The fourth-order valence-corrected chi connectivity index (χ4v) is 4.98. The second-order valence-electron chi connectivity index (χ2n) is 8.18. The molecule has 1 saturated heterocycles. The molecule has 1 unspecified atom stereocenters. The largest absolute Gasteiger partial charge is 0.482 e. The Labute approximate surface area is 199 Å². The van der Waals surface area contributed by atoms with Crippen LogP contribution in [0.3, 0.4) is 0 Å². The second kappa shape index (κ2) is 10.2. The summed E-state index contributed by atoms with van der Waals surface area (Å²) in [5, 5.41) is 0.746. The lowest BCUT2D eigenvalue weighted by atomic mass is 10.1. The molecular weight excluding hydrogens is 467 g/mol. The molecule has 0 spiro atoms. The molecule has 1 aliphatic rings. The maximum absolute atomic E-state index is 13.0. The Hall–Kier alpha value is -2.85. The molecule has 3 aromatic rings. The Morgan fingerprint density at radius 3 is 2.76 bits per heavy atom. The Bertz CT molecular complexity index is 1150. The molecule has 0 bridgehead atoms. The summed E-state index contributed by atoms with van der Waals surface area (Å²) in [7, 11) is 0. The summed E-state index contributed by atoms with van der Waals surface area (Å²) in [5.74, 6) is 0.215. The number of hydrogen-bond acceptors (Lipinski definition) is 7. The van der Waals surface area contributed by atoms with E-state index in [1.807, 2.05) is 18.2 Å². The van der Waals surface area contributed by atoms with Crippen LogP contribution >= 0.6 is 11.3 Å². The van der Waals surface area contributed by atoms with E-state index in [1.165, 1.54) is 23.5 Å². The standard InChI is InChI=1S/C24H26F3N3O3S/c1-3-32-22(31)15-33-19-6-4-5-17(11-19)14-29-9-10-30(13-16(29)2)23-28-20-8-7-18(24(25,26)27)12-21(20)34-23/h4-8,11-12,16H,3,9-10,13-15H2,1-2H3. The van der Waals surface area contributed by atoms with E-state index in [4.69, 9.17) is 9.47 Å². The first-order chi connectivity index (χ1) is 16.2. The molecule has 34 heavy (non-hydrogen) atoms. The number of ether oxygens (including phenoxy) is 2. The molecule has 2 heterocycles. The average Bonchev–Trinajstić information content (AvgIpc) is 3.22. The van der Waals surface area contributed by atoms with Crippen molar-refractivity contribution in [3.05, 3.63) is 53.6 Å². The van der Waals surface area contributed by atoms with Gasteiger partial charge in [-0.05, 0) is 49.7 Å². The van der Waals surface area contributed by atoms with Crippen LogP contribution < -0.4 is 9.64 Å². The first-order valence-corrected chi connectivity index (χ1v) is 11.9. The van der Waals surface area contributed by atoms with E-state index in [-0.39, 0.29) is 12.6 Å². The van der Waals surface area contributed by atoms with Crippen molar-refractivity contribution < 1.29 is 27.4 Å². The molecule has 4 rings (SSSR count). The van der Waals surface area contributed by atoms with Crippen LogP contribution in [0, 0.1) is 0 Å². The third kappa shape index (κ3) is 5.79. The molecule has 0 N–H and O–H groups in total. The number of rotatable bonds is 7. The molecule has 1 fully saturated rings. The number of benzene rings is 2. The minimum atomic E-state index is -4.36. The van der Waals surface area contributed by atoms with E-state index < -0.39 is 17.7 Å². The van der Waals surface area contributed by atoms with Crippen molar-refractivity contribution in [2.24, 2.45) is 0 Å². The number of nitrogens with zero attached hydrogens (tertiary/aromatic N) is 3. The molecule has 6 nitrogen and oxygen atoms in total. The van der Waals surface area contributed by atoms with Gasteiger partial charge in [-0.3, -0.25) is 4.90 Å². The first-order valence-electron chi connectivity index (χ1n) is 11.1. The summed E-state index contributed by atoms with van der Waals surface area (Å²) < 4.78 is 50.0. The van der Waals surface area contributed by atoms with Gasteiger partial charge in [0.25, 0.3) is 0 Å². The molecule has 182 valence electrons. The Balaban J connectivity index is 1.37. The van der Waals surface area contributed by atoms with Crippen molar-refractivity contribution in [1.29, 1.82) is 0 Å². The maximum atomic E-state index is 13.0. The topological polar surface area (TPSA) is 54.9 Å². The summed E-state index contributed by atoms with van der Waals surface area (Å²) in [5.41, 5.74) is 1.01. The third-order valence-electron chi connectivity index (χ3n) is 5.69. The Morgan fingerprint density at radius 2 is 2.03 bits per heavy atom. The van der Waals surface area contributed by atoms with Crippen LogP contribution in [0.2, 0.25) is 0 Å². The highest BCUT2D eigenvalue weighted by atomic mass is 32.1. The van der Waals surface area contributed by atoms with Crippen molar-refractivity contribution in [2.45, 2.75) is 32.6 Å². The Morgan fingerprint density at radius 1 is 1.21 bits per heavy atom. The van der Waals surface area contributed by atoms with Gasteiger partial charge >= 0.3 is 12.1 Å². The van der Waals surface area contributed by atoms with Crippen molar-refractivity contribution in [2.75, 3.05) is 37.7 Å². The van der Waals surface area contributed by atoms with Crippen molar-refractivity contribution in [3.8, 4) is 5.75 Å². The second-order valence-corrected chi connectivity index (χ2v) is 9.19. The zero-order valence-electron chi connectivity index (χ0n) is 19.0. The fourth-order valence-electron chi connectivity index (χ4n) is 3.94. The maximum Gasteiger partial charge on any atom is 0.416 e. The lowest BCUT2D eigenvalue weighted by Gasteiger charge is -2.39. The predicted octanol–water partition coefficient (Wildman–Crippen LogP) is 4.97. The number of hydrogen-bond donors (Lipinski definition) is 0. The van der Waals surface area contributed by atoms with E-state index >= 15 is 0 Å². The van der Waals surface area contributed by atoms with Gasteiger partial charge in [0.1, 0.15) is 5.75 Å². The van der Waals surface area contributed by atoms with Crippen LogP contribution in [0.15, 0.2) is 42.5 Å². The molecule has 2 aromatic carbocycles. The smallest absolute Gasteiger partial charge is 0.416 e. The number of thiazole rings is 1. The van der Waals surface area contributed by atoms with Crippen molar-refractivity contribution in [1.82, 2.24) is 9.88 Å². The zero-order chi connectivity index (χ0) is 24.3. The molecule has 0 radical (unpaired) electrons. The van der Waals surface area contributed by atoms with Gasteiger partial charge in [-0.2, -0.15) is 13.2 Å². The molecule has 10 heteroatoms. The van der Waals surface area contributed by atoms with Gasteiger partial charge in [-0.1, -0.05) is 23.5 Å². The van der Waals surface area contributed by atoms with Crippen LogP contribution in [0.4, 0.5) is 18.3 Å². The zero-order valence-corrected chi connectivity index (χ0v) is 19.8. The van der Waals surface area contributed by atoms with Crippen LogP contribution in [0.25, 0.3) is 10.2 Å². The number of esters is 1. The normalized spacial score (nSPS) is 17.2. The number of aromatic nitrogens is 1. The van der Waals surface area contributed by atoms with Crippen LogP contribution in [-0.2, 0) is 22.3 Å². The van der Waals surface area contributed by atoms with Crippen molar-refractivity contribution in [3.63, 3.8) is 0 Å². The molecular formula is C24H26F3N3O3S. The molecule has 0 aliphatic carbocycles. The van der Waals surface area contributed by atoms with Gasteiger partial charge in [-0.25, -0.2) is 9.78 Å². The van der Waals surface area contributed by atoms with Crippen LogP contribution in [0.5, 0.6) is 5.75 Å². The molecule has 1 aromatic heterocycles. The quantitative estimate of drug-likeness (QED) is 0.434. The van der Waals surface area contributed by atoms with Gasteiger partial charge in [0.05, 0.1) is 22.4 Å². The fraction of sp³-hybridized carbons (Fsp3) is 0.417. The van der Waals surface area contributed by atoms with E-state index in [9.17, 15) is 18.0 Å². The summed E-state index contributed by atoms with van der Waals surface area (Å²) in [6.45, 7) is 7.04.